The molecule has 0 bridgehead atoms. The zero-order chi connectivity index (χ0) is 15.5. The van der Waals surface area contributed by atoms with Gasteiger partial charge in [-0.15, -0.1) is 11.3 Å². The Labute approximate surface area is 129 Å². The number of hydrogen-bond acceptors (Lipinski definition) is 4. The van der Waals surface area contributed by atoms with Gasteiger partial charge >= 0.3 is 0 Å². The minimum atomic E-state index is -0.357. The van der Waals surface area contributed by atoms with E-state index in [4.69, 9.17) is 0 Å². The maximum atomic E-state index is 12.9. The molecule has 0 spiro atoms. The van der Waals surface area contributed by atoms with Crippen molar-refractivity contribution in [2.24, 2.45) is 0 Å². The van der Waals surface area contributed by atoms with E-state index in [9.17, 15) is 14.4 Å². The Balaban J connectivity index is 2.13. The highest BCUT2D eigenvalue weighted by Crippen LogP contribution is 2.24. The molecule has 5 heteroatoms. The number of allylic oxidation sites excluding steroid dienone is 1. The zero-order valence-corrected chi connectivity index (χ0v) is 12.1. The molecule has 3 aromatic rings. The summed E-state index contributed by atoms with van der Waals surface area (Å²) in [4.78, 5) is 16.0. The Kier molecular flexibility index (Phi) is 3.77. The van der Waals surface area contributed by atoms with Crippen LogP contribution in [0.5, 0.6) is 0 Å². The van der Waals surface area contributed by atoms with Crippen LogP contribution in [-0.4, -0.2) is 4.98 Å². The van der Waals surface area contributed by atoms with Crippen molar-refractivity contribution in [3.8, 4) is 6.07 Å². The van der Waals surface area contributed by atoms with E-state index < -0.39 is 0 Å². The molecule has 0 saturated carbocycles. The average molecular weight is 308 g/mol. The number of benzene rings is 2. The van der Waals surface area contributed by atoms with Gasteiger partial charge in [-0.3, -0.25) is 4.79 Å². The van der Waals surface area contributed by atoms with Crippen molar-refractivity contribution in [3.05, 3.63) is 75.3 Å². The summed E-state index contributed by atoms with van der Waals surface area (Å²) in [5, 5.41) is 10.2. The van der Waals surface area contributed by atoms with E-state index in [1.54, 1.807) is 30.3 Å². The van der Waals surface area contributed by atoms with E-state index in [0.29, 0.717) is 16.0 Å². The lowest BCUT2D eigenvalue weighted by Gasteiger charge is -2.00. The lowest BCUT2D eigenvalue weighted by molar-refractivity contribution is 0.628. The van der Waals surface area contributed by atoms with Crippen LogP contribution in [0.4, 0.5) is 4.39 Å². The third kappa shape index (κ3) is 2.78. The van der Waals surface area contributed by atoms with Crippen LogP contribution in [0.15, 0.2) is 53.3 Å². The molecule has 0 saturated heterocycles. The lowest BCUT2D eigenvalue weighted by Crippen LogP contribution is -2.07. The first-order valence-corrected chi connectivity index (χ1v) is 7.26. The topological polar surface area (TPSA) is 53.8 Å². The Hall–Kier alpha value is -2.84. The van der Waals surface area contributed by atoms with E-state index in [2.05, 4.69) is 4.98 Å². The van der Waals surface area contributed by atoms with Gasteiger partial charge in [-0.2, -0.15) is 10.2 Å². The second-order valence-electron chi connectivity index (χ2n) is 4.54. The van der Waals surface area contributed by atoms with Crippen molar-refractivity contribution in [1.82, 2.24) is 4.98 Å². The predicted molar refractivity (Wildman–Crippen MR) is 85.8 cm³/mol. The van der Waals surface area contributed by atoms with Crippen molar-refractivity contribution in [3.63, 3.8) is 0 Å². The van der Waals surface area contributed by atoms with Gasteiger partial charge in [0.1, 0.15) is 16.9 Å². The Morgan fingerprint density at radius 1 is 1.18 bits per heavy atom. The molecule has 1 heterocycles. The van der Waals surface area contributed by atoms with Gasteiger partial charge in [0.05, 0.1) is 11.0 Å². The van der Waals surface area contributed by atoms with Crippen LogP contribution < -0.4 is 5.56 Å². The smallest absolute Gasteiger partial charge is 0.267 e. The van der Waals surface area contributed by atoms with Gasteiger partial charge in [0.15, 0.2) is 0 Å². The van der Waals surface area contributed by atoms with E-state index in [1.165, 1.54) is 23.5 Å². The third-order valence-electron chi connectivity index (χ3n) is 3.06. The fourth-order valence-electron chi connectivity index (χ4n) is 1.99. The Bertz CT molecular complexity index is 968. The molecule has 0 aliphatic carbocycles. The highest BCUT2D eigenvalue weighted by atomic mass is 32.1. The predicted octanol–water partition coefficient (Wildman–Crippen LogP) is 3.86. The molecule has 0 unspecified atom stereocenters. The molecule has 0 radical (unpaired) electrons. The summed E-state index contributed by atoms with van der Waals surface area (Å²) in [6.07, 6.45) is 1.59. The second-order valence-corrected chi connectivity index (χ2v) is 5.57. The normalized spacial score (nSPS) is 11.4. The van der Waals surface area contributed by atoms with Gasteiger partial charge in [0.2, 0.25) is 0 Å². The van der Waals surface area contributed by atoms with Crippen molar-refractivity contribution in [2.45, 2.75) is 0 Å². The molecule has 106 valence electrons. The summed E-state index contributed by atoms with van der Waals surface area (Å²) in [7, 11) is 0. The number of rotatable bonds is 2. The van der Waals surface area contributed by atoms with E-state index in [-0.39, 0.29) is 16.9 Å². The molecular formula is C17H9FN2OS. The third-order valence-corrected chi connectivity index (χ3v) is 4.14. The number of nitriles is 1. The molecule has 22 heavy (non-hydrogen) atoms. The van der Waals surface area contributed by atoms with E-state index >= 15 is 0 Å². The number of aromatic nitrogens is 1. The van der Waals surface area contributed by atoms with Crippen LogP contribution in [-0.2, 0) is 0 Å². The van der Waals surface area contributed by atoms with Crippen LogP contribution in [0.25, 0.3) is 21.7 Å². The lowest BCUT2D eigenvalue weighted by atomic mass is 10.1. The number of hydrogen-bond donors (Lipinski definition) is 0. The fourth-order valence-corrected chi connectivity index (χ4v) is 2.96. The molecule has 3 nitrogen and oxygen atoms in total. The first-order valence-electron chi connectivity index (χ1n) is 6.45. The zero-order valence-electron chi connectivity index (χ0n) is 11.3. The minimum Gasteiger partial charge on any atom is -0.267 e. The molecule has 0 aliphatic rings. The summed E-state index contributed by atoms with van der Waals surface area (Å²) in [6, 6.07) is 14.9. The number of nitrogens with zero attached hydrogens (tertiary/aromatic N) is 2. The molecule has 3 rings (SSSR count). The molecule has 0 amide bonds. The van der Waals surface area contributed by atoms with Crippen molar-refractivity contribution < 1.29 is 4.39 Å². The van der Waals surface area contributed by atoms with Gasteiger partial charge in [-0.25, -0.2) is 4.39 Å². The minimum absolute atomic E-state index is 0.277. The van der Waals surface area contributed by atoms with Gasteiger partial charge in [0.25, 0.3) is 5.56 Å². The molecule has 2 aromatic carbocycles. The molecular weight excluding hydrogens is 299 g/mol. The summed E-state index contributed by atoms with van der Waals surface area (Å²) in [5.74, 6) is -0.343. The molecule has 0 N–H and O–H groups in total. The maximum absolute atomic E-state index is 12.9. The first kappa shape index (κ1) is 14.1. The first-order chi connectivity index (χ1) is 10.7. The second kappa shape index (κ2) is 5.88. The summed E-state index contributed by atoms with van der Waals surface area (Å²) in [5.41, 5.74) is 0.594. The largest absolute Gasteiger partial charge is 0.279 e. The number of fused-ring (bicyclic) bond motifs is 1. The number of halogens is 1. The molecule has 0 aliphatic heterocycles. The quantitative estimate of drug-likeness (QED) is 0.675. The van der Waals surface area contributed by atoms with Crippen molar-refractivity contribution in [2.75, 3.05) is 0 Å². The van der Waals surface area contributed by atoms with Crippen LogP contribution in [0, 0.1) is 17.1 Å². The van der Waals surface area contributed by atoms with Crippen LogP contribution in [0.1, 0.15) is 10.6 Å². The van der Waals surface area contributed by atoms with Crippen LogP contribution >= 0.6 is 11.3 Å². The SMILES string of the molecule is N#C/C(=C\c1ccc(F)cc1)c1nc(=O)c2ccccc2s1. The van der Waals surface area contributed by atoms with Gasteiger partial charge in [-0.1, -0.05) is 24.3 Å². The standard InChI is InChI=1S/C17H9FN2OS/c18-13-7-5-11(6-8-13)9-12(10-19)17-20-16(21)14-3-1-2-4-15(14)22-17/h1-9H/b12-9+. The van der Waals surface area contributed by atoms with E-state index in [1.807, 2.05) is 18.2 Å². The maximum Gasteiger partial charge on any atom is 0.279 e. The van der Waals surface area contributed by atoms with Crippen LogP contribution in [0.3, 0.4) is 0 Å². The highest BCUT2D eigenvalue weighted by molar-refractivity contribution is 7.19. The van der Waals surface area contributed by atoms with Crippen LogP contribution in [0.2, 0.25) is 0 Å². The van der Waals surface area contributed by atoms with Gasteiger partial charge < -0.3 is 0 Å². The Morgan fingerprint density at radius 3 is 2.64 bits per heavy atom. The summed E-state index contributed by atoms with van der Waals surface area (Å²) >= 11 is 1.28. The highest BCUT2D eigenvalue weighted by Gasteiger charge is 2.08. The van der Waals surface area contributed by atoms with E-state index in [0.717, 1.165) is 4.70 Å². The van der Waals surface area contributed by atoms with Gasteiger partial charge in [-0.05, 0) is 35.9 Å². The molecule has 1 aromatic heterocycles. The molecule has 0 atom stereocenters. The monoisotopic (exact) mass is 308 g/mol. The van der Waals surface area contributed by atoms with Crippen molar-refractivity contribution >= 4 is 33.1 Å². The molecule has 0 fully saturated rings. The van der Waals surface area contributed by atoms with Crippen molar-refractivity contribution in [1.29, 1.82) is 5.26 Å². The Morgan fingerprint density at radius 2 is 1.91 bits per heavy atom. The van der Waals surface area contributed by atoms with Gasteiger partial charge in [0, 0.05) is 4.70 Å². The summed E-state index contributed by atoms with van der Waals surface area (Å²) < 4.78 is 13.7. The fraction of sp³-hybridized carbons (Fsp3) is 0. The summed E-state index contributed by atoms with van der Waals surface area (Å²) in [6.45, 7) is 0. The average Bonchev–Trinajstić information content (AvgIpc) is 2.54.